The van der Waals surface area contributed by atoms with E-state index in [-0.39, 0.29) is 5.91 Å². The number of aromatic nitrogens is 1. The van der Waals surface area contributed by atoms with Crippen molar-refractivity contribution >= 4 is 5.91 Å². The summed E-state index contributed by atoms with van der Waals surface area (Å²) in [6.45, 7) is 5.02. The summed E-state index contributed by atoms with van der Waals surface area (Å²) in [7, 11) is 0. The van der Waals surface area contributed by atoms with Crippen molar-refractivity contribution in [2.45, 2.75) is 6.42 Å². The Morgan fingerprint density at radius 2 is 1.81 bits per heavy atom. The molecule has 1 aromatic carbocycles. The number of likely N-dealkylation sites (tertiary alicyclic amines) is 2. The van der Waals surface area contributed by atoms with Gasteiger partial charge in [-0.05, 0) is 42.9 Å². The van der Waals surface area contributed by atoms with Crippen LogP contribution in [0.4, 0.5) is 0 Å². The quantitative estimate of drug-likeness (QED) is 0.654. The van der Waals surface area contributed by atoms with Gasteiger partial charge in [0.15, 0.2) is 6.20 Å². The van der Waals surface area contributed by atoms with Crippen molar-refractivity contribution in [3.8, 4) is 0 Å². The summed E-state index contributed by atoms with van der Waals surface area (Å²) in [5, 5.41) is 0. The van der Waals surface area contributed by atoms with Gasteiger partial charge in [-0.15, -0.1) is 0 Å². The minimum Gasteiger partial charge on any atom is -0.338 e. The molecule has 2 aliphatic heterocycles. The number of pyridine rings is 1. The molecule has 2 N–H and O–H groups in total. The van der Waals surface area contributed by atoms with Gasteiger partial charge in [0, 0.05) is 32.2 Å². The third-order valence-corrected chi connectivity index (χ3v) is 5.54. The Labute approximate surface area is 155 Å². The monoisotopic (exact) mass is 350 g/mol. The Morgan fingerprint density at radius 3 is 2.50 bits per heavy atom. The summed E-state index contributed by atoms with van der Waals surface area (Å²) < 4.78 is 1.44. The van der Waals surface area contributed by atoms with Crippen LogP contribution in [0.1, 0.15) is 22.3 Å². The molecular formula is C21H26N4O+. The fourth-order valence-corrected chi connectivity index (χ4v) is 4.24. The summed E-state index contributed by atoms with van der Waals surface area (Å²) in [5.74, 6) is 7.03. The maximum absolute atomic E-state index is 12.7. The Balaban J connectivity index is 1.25. The number of benzene rings is 1. The smallest absolute Gasteiger partial charge is 0.260 e. The van der Waals surface area contributed by atoms with E-state index < -0.39 is 0 Å². The average Bonchev–Trinajstić information content (AvgIpc) is 3.21. The molecule has 4 rings (SSSR count). The van der Waals surface area contributed by atoms with E-state index in [0.29, 0.717) is 17.4 Å². The van der Waals surface area contributed by atoms with Crippen molar-refractivity contribution in [2.24, 2.45) is 11.8 Å². The van der Waals surface area contributed by atoms with Gasteiger partial charge in [0.05, 0.1) is 0 Å². The second kappa shape index (κ2) is 7.46. The number of nitrogens with two attached hydrogens (primary N) is 1. The largest absolute Gasteiger partial charge is 0.338 e. The lowest BCUT2D eigenvalue weighted by atomic mass is 10.0. The maximum Gasteiger partial charge on any atom is 0.260 e. The molecule has 3 heterocycles. The number of nitrogen functional groups attached to an aromatic ring is 1. The van der Waals surface area contributed by atoms with Crippen LogP contribution in [-0.4, -0.2) is 48.4 Å². The van der Waals surface area contributed by atoms with Crippen LogP contribution < -0.4 is 10.5 Å². The van der Waals surface area contributed by atoms with Crippen molar-refractivity contribution in [1.29, 1.82) is 0 Å². The van der Waals surface area contributed by atoms with Crippen LogP contribution in [0.15, 0.2) is 54.9 Å². The van der Waals surface area contributed by atoms with Gasteiger partial charge in [-0.3, -0.25) is 4.79 Å². The van der Waals surface area contributed by atoms with Crippen molar-refractivity contribution in [3.63, 3.8) is 0 Å². The molecule has 26 heavy (non-hydrogen) atoms. The van der Waals surface area contributed by atoms with Gasteiger partial charge < -0.3 is 9.80 Å². The minimum atomic E-state index is 0.100. The second-order valence-electron chi connectivity index (χ2n) is 7.43. The molecule has 5 heteroatoms. The molecule has 2 aromatic rings. The number of fused-ring (bicyclic) bond motifs is 1. The lowest BCUT2D eigenvalue weighted by Gasteiger charge is -2.21. The summed E-state index contributed by atoms with van der Waals surface area (Å²) in [6, 6.07) is 14.2. The van der Waals surface area contributed by atoms with E-state index in [1.807, 2.05) is 17.0 Å². The zero-order chi connectivity index (χ0) is 17.9. The van der Waals surface area contributed by atoms with Crippen LogP contribution in [0.5, 0.6) is 0 Å². The molecule has 1 unspecified atom stereocenters. The lowest BCUT2D eigenvalue weighted by molar-refractivity contribution is -0.639. The van der Waals surface area contributed by atoms with Crippen LogP contribution in [0.25, 0.3) is 0 Å². The summed E-state index contributed by atoms with van der Waals surface area (Å²) in [6.07, 6.45) is 6.82. The molecule has 0 spiro atoms. The first-order valence-corrected chi connectivity index (χ1v) is 9.35. The Morgan fingerprint density at radius 1 is 1.08 bits per heavy atom. The third-order valence-electron chi connectivity index (χ3n) is 5.54. The number of hydrogen-bond donors (Lipinski definition) is 1. The summed E-state index contributed by atoms with van der Waals surface area (Å²) in [5.41, 5.74) is 1.97. The first-order chi connectivity index (χ1) is 12.7. The zero-order valence-corrected chi connectivity index (χ0v) is 15.0. The fourth-order valence-electron chi connectivity index (χ4n) is 4.24. The molecular weight excluding hydrogens is 324 g/mol. The number of rotatable bonds is 5. The van der Waals surface area contributed by atoms with Gasteiger partial charge in [0.1, 0.15) is 5.56 Å². The SMILES string of the molecule is N[n+]1cccc(C(=O)N2CC3CN(CC[CH]c4ccccc4)C[C@H]3C2)c1. The van der Waals surface area contributed by atoms with Gasteiger partial charge in [-0.1, -0.05) is 35.0 Å². The highest BCUT2D eigenvalue weighted by molar-refractivity contribution is 5.93. The standard InChI is InChI=1S/C21H26N4O/c22-25-11-5-9-18(16-25)21(26)24-14-19-12-23(13-20(19)15-24)10-4-8-17-6-2-1-3-7-17/h1-3,5-9,11,16,19-20H,4,10,12-15,22H2/q+1/t19-,20?/m0/s1. The van der Waals surface area contributed by atoms with Gasteiger partial charge in [0.2, 0.25) is 6.20 Å². The average molecular weight is 350 g/mol. The van der Waals surface area contributed by atoms with Crippen molar-refractivity contribution in [2.75, 3.05) is 38.6 Å². The molecule has 2 atom stereocenters. The third kappa shape index (κ3) is 3.73. The maximum atomic E-state index is 12.7. The van der Waals surface area contributed by atoms with E-state index in [0.717, 1.165) is 39.1 Å². The molecule has 1 amide bonds. The number of hydrogen-bond acceptors (Lipinski definition) is 3. The normalized spacial score (nSPS) is 22.5. The molecule has 2 saturated heterocycles. The minimum absolute atomic E-state index is 0.100. The van der Waals surface area contributed by atoms with Crippen LogP contribution in [0, 0.1) is 18.3 Å². The lowest BCUT2D eigenvalue weighted by Crippen LogP contribution is -2.45. The van der Waals surface area contributed by atoms with Crippen LogP contribution >= 0.6 is 0 Å². The molecule has 2 aliphatic rings. The van der Waals surface area contributed by atoms with Gasteiger partial charge in [-0.2, -0.15) is 0 Å². The highest BCUT2D eigenvalue weighted by Crippen LogP contribution is 2.32. The Kier molecular flexibility index (Phi) is 4.89. The van der Waals surface area contributed by atoms with Gasteiger partial charge >= 0.3 is 0 Å². The Hall–Kier alpha value is -2.40. The molecule has 1 aromatic heterocycles. The van der Waals surface area contributed by atoms with Crippen molar-refractivity contribution in [1.82, 2.24) is 9.80 Å². The molecule has 0 saturated carbocycles. The Bertz CT molecular complexity index is 750. The first kappa shape index (κ1) is 17.0. The topological polar surface area (TPSA) is 53.5 Å². The number of amides is 1. The number of nitrogens with zero attached hydrogens (tertiary/aromatic N) is 3. The molecule has 0 bridgehead atoms. The predicted octanol–water partition coefficient (Wildman–Crippen LogP) is 1.33. The van der Waals surface area contributed by atoms with E-state index in [2.05, 4.69) is 41.7 Å². The summed E-state index contributed by atoms with van der Waals surface area (Å²) >= 11 is 0. The highest BCUT2D eigenvalue weighted by Gasteiger charge is 2.41. The van der Waals surface area contributed by atoms with Crippen molar-refractivity contribution < 1.29 is 9.47 Å². The molecule has 2 fully saturated rings. The van der Waals surface area contributed by atoms with Crippen LogP contribution in [0.2, 0.25) is 0 Å². The number of carbonyl (C=O) groups is 1. The van der Waals surface area contributed by atoms with E-state index in [1.165, 1.54) is 10.2 Å². The second-order valence-corrected chi connectivity index (χ2v) is 7.43. The number of carbonyl (C=O) groups excluding carboxylic acids is 1. The predicted molar refractivity (Wildman–Crippen MR) is 101 cm³/mol. The van der Waals surface area contributed by atoms with Crippen LogP contribution in [-0.2, 0) is 0 Å². The first-order valence-electron chi connectivity index (χ1n) is 9.35. The van der Waals surface area contributed by atoms with Crippen LogP contribution in [0.3, 0.4) is 0 Å². The molecule has 135 valence electrons. The molecule has 1 radical (unpaired) electrons. The molecule has 0 aliphatic carbocycles. The van der Waals surface area contributed by atoms with Gasteiger partial charge in [0.25, 0.3) is 5.91 Å². The van der Waals surface area contributed by atoms with Crippen molar-refractivity contribution in [3.05, 3.63) is 72.4 Å². The van der Waals surface area contributed by atoms with Gasteiger partial charge in [-0.25, -0.2) is 5.84 Å². The highest BCUT2D eigenvalue weighted by atomic mass is 16.2. The van der Waals surface area contributed by atoms with E-state index >= 15 is 0 Å². The van der Waals surface area contributed by atoms with E-state index in [4.69, 9.17) is 5.84 Å². The van der Waals surface area contributed by atoms with E-state index in [1.54, 1.807) is 12.4 Å². The fraction of sp³-hybridized carbons (Fsp3) is 0.381. The molecule has 5 nitrogen and oxygen atoms in total. The van der Waals surface area contributed by atoms with E-state index in [9.17, 15) is 4.79 Å². The summed E-state index contributed by atoms with van der Waals surface area (Å²) in [4.78, 5) is 17.2. The zero-order valence-electron chi connectivity index (χ0n) is 15.0.